The van der Waals surface area contributed by atoms with Crippen molar-refractivity contribution >= 4 is 8.32 Å². The first-order valence-electron chi connectivity index (χ1n) is 8.66. The fourth-order valence-corrected chi connectivity index (χ4v) is 3.78. The Morgan fingerprint density at radius 2 is 1.83 bits per heavy atom. The predicted molar refractivity (Wildman–Crippen MR) is 102 cm³/mol. The van der Waals surface area contributed by atoms with E-state index < -0.39 is 8.32 Å². The van der Waals surface area contributed by atoms with Crippen LogP contribution in [0.25, 0.3) is 0 Å². The summed E-state index contributed by atoms with van der Waals surface area (Å²) in [6, 6.07) is 10.5. The number of rotatable bonds is 9. The maximum atomic E-state index is 10.2. The normalized spacial score (nSPS) is 15.2. The van der Waals surface area contributed by atoms with Crippen LogP contribution in [-0.4, -0.2) is 25.6 Å². The molecule has 3 heteroatoms. The van der Waals surface area contributed by atoms with Crippen LogP contribution in [0.1, 0.15) is 45.6 Å². The molecule has 0 bridgehead atoms. The Hall–Kier alpha value is -0.903. The third-order valence-corrected chi connectivity index (χ3v) is 9.37. The van der Waals surface area contributed by atoms with E-state index in [1.54, 1.807) is 6.08 Å². The molecule has 1 N–H and O–H groups in total. The Kier molecular flexibility index (Phi) is 7.72. The van der Waals surface area contributed by atoms with Crippen LogP contribution in [0.5, 0.6) is 0 Å². The van der Waals surface area contributed by atoms with Gasteiger partial charge in [0.25, 0.3) is 0 Å². The number of aliphatic hydroxyl groups excluding tert-OH is 1. The van der Waals surface area contributed by atoms with Gasteiger partial charge in [-0.1, -0.05) is 57.2 Å². The summed E-state index contributed by atoms with van der Waals surface area (Å²) in [6.45, 7) is 15.1. The highest BCUT2D eigenvalue weighted by atomic mass is 28.4. The van der Waals surface area contributed by atoms with Crippen molar-refractivity contribution in [1.82, 2.24) is 0 Å². The zero-order chi connectivity index (χ0) is 17.5. The summed E-state index contributed by atoms with van der Waals surface area (Å²) in [5.74, 6) is 0. The van der Waals surface area contributed by atoms with Crippen LogP contribution < -0.4 is 0 Å². The Labute approximate surface area is 143 Å². The topological polar surface area (TPSA) is 29.5 Å². The molecule has 0 fully saturated rings. The molecule has 1 aromatic carbocycles. The molecule has 0 aromatic heterocycles. The molecule has 0 saturated heterocycles. The molecule has 0 unspecified atom stereocenters. The van der Waals surface area contributed by atoms with Crippen LogP contribution in [0, 0.1) is 0 Å². The highest BCUT2D eigenvalue weighted by molar-refractivity contribution is 6.74. The number of hydrogen-bond donors (Lipinski definition) is 1. The van der Waals surface area contributed by atoms with E-state index in [2.05, 4.69) is 64.7 Å². The lowest BCUT2D eigenvalue weighted by Crippen LogP contribution is -2.44. The van der Waals surface area contributed by atoms with Crippen molar-refractivity contribution < 1.29 is 9.53 Å². The maximum Gasteiger partial charge on any atom is 0.192 e. The number of hydrogen-bond acceptors (Lipinski definition) is 2. The molecular formula is C20H34O2Si. The molecule has 23 heavy (non-hydrogen) atoms. The van der Waals surface area contributed by atoms with Crippen molar-refractivity contribution in [3.8, 4) is 0 Å². The van der Waals surface area contributed by atoms with E-state index in [9.17, 15) is 5.11 Å². The molecule has 0 aliphatic rings. The smallest absolute Gasteiger partial charge is 0.192 e. The Bertz CT molecular complexity index is 462. The minimum absolute atomic E-state index is 0.103. The summed E-state index contributed by atoms with van der Waals surface area (Å²) in [7, 11) is -1.83. The molecule has 1 aromatic rings. The van der Waals surface area contributed by atoms with E-state index in [0.29, 0.717) is 12.8 Å². The summed E-state index contributed by atoms with van der Waals surface area (Å²) >= 11 is 0. The summed E-state index contributed by atoms with van der Waals surface area (Å²) in [4.78, 5) is 0. The van der Waals surface area contributed by atoms with Crippen LogP contribution in [0.4, 0.5) is 0 Å². The van der Waals surface area contributed by atoms with Gasteiger partial charge < -0.3 is 9.53 Å². The molecule has 0 aliphatic carbocycles. The molecule has 2 nitrogen and oxygen atoms in total. The second-order valence-corrected chi connectivity index (χ2v) is 12.7. The van der Waals surface area contributed by atoms with Gasteiger partial charge in [0, 0.05) is 6.10 Å². The molecule has 0 saturated carbocycles. The van der Waals surface area contributed by atoms with Crippen molar-refractivity contribution in [2.75, 3.05) is 0 Å². The highest BCUT2D eigenvalue weighted by Gasteiger charge is 2.39. The second-order valence-electron chi connectivity index (χ2n) is 7.94. The van der Waals surface area contributed by atoms with E-state index in [1.165, 1.54) is 5.56 Å². The van der Waals surface area contributed by atoms with E-state index in [4.69, 9.17) is 4.43 Å². The minimum atomic E-state index is -1.83. The lowest BCUT2D eigenvalue weighted by atomic mass is 10.0. The van der Waals surface area contributed by atoms with Gasteiger partial charge in [-0.05, 0) is 49.4 Å². The van der Waals surface area contributed by atoms with Gasteiger partial charge in [0.15, 0.2) is 8.32 Å². The van der Waals surface area contributed by atoms with Gasteiger partial charge in [-0.15, -0.1) is 6.58 Å². The van der Waals surface area contributed by atoms with Crippen molar-refractivity contribution in [1.29, 1.82) is 0 Å². The van der Waals surface area contributed by atoms with Gasteiger partial charge in [0.1, 0.15) is 0 Å². The third-order valence-electron chi connectivity index (χ3n) is 4.84. The molecule has 0 radical (unpaired) electrons. The summed E-state index contributed by atoms with van der Waals surface area (Å²) < 4.78 is 6.59. The SMILES string of the molecule is C=CC[C@H](O)C[C@H](CCc1ccccc1)O[Si](C)(C)C(C)(C)C. The van der Waals surface area contributed by atoms with Gasteiger partial charge in [-0.3, -0.25) is 0 Å². The van der Waals surface area contributed by atoms with Gasteiger partial charge in [0.2, 0.25) is 0 Å². The monoisotopic (exact) mass is 334 g/mol. The molecule has 0 amide bonds. The Balaban J connectivity index is 2.74. The van der Waals surface area contributed by atoms with Crippen LogP contribution in [0.3, 0.4) is 0 Å². The predicted octanol–water partition coefficient (Wildman–Crippen LogP) is 5.34. The number of aryl methyl sites for hydroxylation is 1. The van der Waals surface area contributed by atoms with Crippen LogP contribution in [-0.2, 0) is 10.8 Å². The van der Waals surface area contributed by atoms with E-state index in [0.717, 1.165) is 12.8 Å². The van der Waals surface area contributed by atoms with Gasteiger partial charge in [-0.25, -0.2) is 0 Å². The largest absolute Gasteiger partial charge is 0.414 e. The third kappa shape index (κ3) is 7.02. The van der Waals surface area contributed by atoms with Crippen molar-refractivity contribution in [2.24, 2.45) is 0 Å². The molecule has 130 valence electrons. The molecule has 2 atom stereocenters. The van der Waals surface area contributed by atoms with E-state index in [1.807, 2.05) is 6.07 Å². The molecular weight excluding hydrogens is 300 g/mol. The van der Waals surface area contributed by atoms with Crippen molar-refractivity contribution in [3.05, 3.63) is 48.6 Å². The first-order valence-corrected chi connectivity index (χ1v) is 11.6. The van der Waals surface area contributed by atoms with Crippen LogP contribution in [0.2, 0.25) is 18.1 Å². The Morgan fingerprint density at radius 3 is 2.35 bits per heavy atom. The lowest BCUT2D eigenvalue weighted by Gasteiger charge is -2.40. The average molecular weight is 335 g/mol. The summed E-state index contributed by atoms with van der Waals surface area (Å²) in [6.07, 6.45) is 4.77. The number of benzene rings is 1. The quantitative estimate of drug-likeness (QED) is 0.488. The van der Waals surface area contributed by atoms with Crippen LogP contribution in [0.15, 0.2) is 43.0 Å². The standard InChI is InChI=1S/C20H34O2Si/c1-7-11-18(21)16-19(22-23(5,6)20(2,3)4)15-14-17-12-9-8-10-13-17/h7-10,12-13,18-19,21H,1,11,14-16H2,2-6H3/t18-,19-/m0/s1. The summed E-state index contributed by atoms with van der Waals surface area (Å²) in [5.41, 5.74) is 1.33. The first kappa shape index (κ1) is 20.1. The van der Waals surface area contributed by atoms with Gasteiger partial charge >= 0.3 is 0 Å². The van der Waals surface area contributed by atoms with Crippen molar-refractivity contribution in [3.63, 3.8) is 0 Å². The lowest BCUT2D eigenvalue weighted by molar-refractivity contribution is 0.0833. The van der Waals surface area contributed by atoms with Crippen molar-refractivity contribution in [2.45, 2.75) is 76.8 Å². The highest BCUT2D eigenvalue weighted by Crippen LogP contribution is 2.38. The molecule has 0 spiro atoms. The first-order chi connectivity index (χ1) is 10.7. The minimum Gasteiger partial charge on any atom is -0.414 e. The second kappa shape index (κ2) is 8.81. The Morgan fingerprint density at radius 1 is 1.22 bits per heavy atom. The zero-order valence-corrected chi connectivity index (χ0v) is 16.5. The van der Waals surface area contributed by atoms with E-state index >= 15 is 0 Å². The molecule has 0 heterocycles. The average Bonchev–Trinajstić information content (AvgIpc) is 2.44. The fourth-order valence-electron chi connectivity index (χ4n) is 2.38. The van der Waals surface area contributed by atoms with E-state index in [-0.39, 0.29) is 17.2 Å². The maximum absolute atomic E-state index is 10.2. The number of aliphatic hydroxyl groups is 1. The van der Waals surface area contributed by atoms with Gasteiger partial charge in [-0.2, -0.15) is 0 Å². The van der Waals surface area contributed by atoms with Gasteiger partial charge in [0.05, 0.1) is 6.10 Å². The summed E-state index contributed by atoms with van der Waals surface area (Å²) in [5, 5.41) is 10.4. The fraction of sp³-hybridized carbons (Fsp3) is 0.600. The molecule has 1 rings (SSSR count). The zero-order valence-electron chi connectivity index (χ0n) is 15.5. The molecule has 0 aliphatic heterocycles. The van der Waals surface area contributed by atoms with Crippen LogP contribution >= 0.6 is 0 Å².